The summed E-state index contributed by atoms with van der Waals surface area (Å²) < 4.78 is 12.1. The summed E-state index contributed by atoms with van der Waals surface area (Å²) in [6.07, 6.45) is 7.03. The van der Waals surface area contributed by atoms with Gasteiger partial charge < -0.3 is 14.3 Å². The Morgan fingerprint density at radius 1 is 1.27 bits per heavy atom. The summed E-state index contributed by atoms with van der Waals surface area (Å²) in [5, 5.41) is 10.7. The Bertz CT molecular complexity index is 701. The fraction of sp³-hybridized carbons (Fsp3) is 0.267. The molecule has 1 N–H and O–H groups in total. The zero-order valence-corrected chi connectivity index (χ0v) is 11.9. The zero-order chi connectivity index (χ0) is 15.2. The fourth-order valence-electron chi connectivity index (χ4n) is 2.04. The van der Waals surface area contributed by atoms with Crippen molar-refractivity contribution in [1.29, 1.82) is 0 Å². The Morgan fingerprint density at radius 2 is 2.23 bits per heavy atom. The first-order valence-corrected chi connectivity index (χ1v) is 7.09. The number of hydrogen-bond acceptors (Lipinski definition) is 5. The molecule has 3 rings (SSSR count). The molecule has 0 aliphatic heterocycles. The number of unbranched alkanes of at least 4 members (excludes halogenated alkanes) is 1. The summed E-state index contributed by atoms with van der Waals surface area (Å²) in [5.41, 5.74) is 0.249. The first kappa shape index (κ1) is 14.1. The second-order valence-corrected chi connectivity index (χ2v) is 4.79. The summed E-state index contributed by atoms with van der Waals surface area (Å²) in [7, 11) is 0. The molecule has 0 atom stereocenters. The number of aryl methyl sites for hydroxylation is 1. The third-order valence-corrected chi connectivity index (χ3v) is 3.17. The largest absolute Gasteiger partial charge is 0.461 e. The number of amides is 1. The third-order valence-electron chi connectivity index (χ3n) is 3.17. The summed E-state index contributed by atoms with van der Waals surface area (Å²) in [5.74, 6) is 0.736. The minimum absolute atomic E-state index is 0.249. The van der Waals surface area contributed by atoms with E-state index in [1.54, 1.807) is 24.4 Å². The lowest BCUT2D eigenvalue weighted by atomic mass is 10.3. The molecule has 0 bridgehead atoms. The van der Waals surface area contributed by atoms with Crippen LogP contribution in [-0.4, -0.2) is 27.4 Å². The first-order chi connectivity index (χ1) is 10.8. The van der Waals surface area contributed by atoms with E-state index in [1.165, 1.54) is 6.26 Å². The van der Waals surface area contributed by atoms with Crippen LogP contribution >= 0.6 is 0 Å². The van der Waals surface area contributed by atoms with Gasteiger partial charge in [-0.3, -0.25) is 9.48 Å². The van der Waals surface area contributed by atoms with Crippen LogP contribution in [0.25, 0.3) is 11.5 Å². The molecule has 0 unspecified atom stereocenters. The van der Waals surface area contributed by atoms with Gasteiger partial charge in [0.1, 0.15) is 0 Å². The lowest BCUT2D eigenvalue weighted by molar-refractivity contribution is 0.0944. The molecule has 0 spiro atoms. The van der Waals surface area contributed by atoms with Crippen LogP contribution in [-0.2, 0) is 6.54 Å². The minimum Gasteiger partial charge on any atom is -0.461 e. The smallest absolute Gasteiger partial charge is 0.273 e. The summed E-state index contributed by atoms with van der Waals surface area (Å²) in [6, 6.07) is 6.95. The second kappa shape index (κ2) is 6.75. The molecule has 3 aromatic rings. The highest BCUT2D eigenvalue weighted by atomic mass is 16.5. The van der Waals surface area contributed by atoms with E-state index in [9.17, 15) is 4.79 Å². The van der Waals surface area contributed by atoms with E-state index in [1.807, 2.05) is 16.9 Å². The van der Waals surface area contributed by atoms with Gasteiger partial charge in [0.05, 0.1) is 6.26 Å². The van der Waals surface area contributed by atoms with E-state index >= 15 is 0 Å². The zero-order valence-electron chi connectivity index (χ0n) is 11.9. The van der Waals surface area contributed by atoms with Crippen molar-refractivity contribution in [2.75, 3.05) is 6.54 Å². The van der Waals surface area contributed by atoms with Gasteiger partial charge in [0.25, 0.3) is 5.91 Å². The standard InChI is InChI=1S/C15H16N4O3/c20-15(16-6-1-2-8-19-9-4-7-17-19)12-11-14(22-18-12)13-5-3-10-21-13/h3-5,7,9-11H,1-2,6,8H2,(H,16,20). The Morgan fingerprint density at radius 3 is 3.00 bits per heavy atom. The molecule has 0 aromatic carbocycles. The Labute approximate surface area is 126 Å². The van der Waals surface area contributed by atoms with Crippen molar-refractivity contribution in [3.05, 3.63) is 48.6 Å². The van der Waals surface area contributed by atoms with Crippen molar-refractivity contribution in [2.45, 2.75) is 19.4 Å². The van der Waals surface area contributed by atoms with E-state index in [0.29, 0.717) is 18.1 Å². The molecular formula is C15H16N4O3. The maximum atomic E-state index is 11.9. The van der Waals surface area contributed by atoms with Gasteiger partial charge in [-0.05, 0) is 31.0 Å². The van der Waals surface area contributed by atoms with E-state index in [4.69, 9.17) is 8.94 Å². The van der Waals surface area contributed by atoms with Gasteiger partial charge in [0, 0.05) is 31.5 Å². The molecule has 0 fully saturated rings. The van der Waals surface area contributed by atoms with E-state index < -0.39 is 0 Å². The monoisotopic (exact) mass is 300 g/mol. The molecule has 1 amide bonds. The molecule has 7 heteroatoms. The molecule has 114 valence electrons. The highest BCUT2D eigenvalue weighted by Gasteiger charge is 2.14. The maximum absolute atomic E-state index is 11.9. The first-order valence-electron chi connectivity index (χ1n) is 7.09. The van der Waals surface area contributed by atoms with Crippen molar-refractivity contribution < 1.29 is 13.7 Å². The van der Waals surface area contributed by atoms with Gasteiger partial charge in [0.15, 0.2) is 11.5 Å². The number of hydrogen-bond donors (Lipinski definition) is 1. The van der Waals surface area contributed by atoms with Crippen LogP contribution < -0.4 is 5.32 Å². The molecule has 0 aliphatic carbocycles. The molecule has 7 nitrogen and oxygen atoms in total. The highest BCUT2D eigenvalue weighted by Crippen LogP contribution is 2.20. The van der Waals surface area contributed by atoms with Crippen molar-refractivity contribution in [1.82, 2.24) is 20.3 Å². The van der Waals surface area contributed by atoms with Crippen LogP contribution in [0.4, 0.5) is 0 Å². The summed E-state index contributed by atoms with van der Waals surface area (Å²) in [4.78, 5) is 11.9. The lowest BCUT2D eigenvalue weighted by Gasteiger charge is -2.03. The maximum Gasteiger partial charge on any atom is 0.273 e. The van der Waals surface area contributed by atoms with Crippen molar-refractivity contribution in [3.8, 4) is 11.5 Å². The fourth-order valence-corrected chi connectivity index (χ4v) is 2.04. The molecular weight excluding hydrogens is 284 g/mol. The Hall–Kier alpha value is -2.83. The van der Waals surface area contributed by atoms with Gasteiger partial charge >= 0.3 is 0 Å². The van der Waals surface area contributed by atoms with Gasteiger partial charge in [-0.1, -0.05) is 5.16 Å². The number of carbonyl (C=O) groups is 1. The number of nitrogens with zero attached hydrogens (tertiary/aromatic N) is 3. The molecule has 0 saturated carbocycles. The topological polar surface area (TPSA) is 86.1 Å². The SMILES string of the molecule is O=C(NCCCCn1cccn1)c1cc(-c2ccco2)on1. The number of carbonyl (C=O) groups excluding carboxylic acids is 1. The van der Waals surface area contributed by atoms with Crippen LogP contribution in [0.5, 0.6) is 0 Å². The van der Waals surface area contributed by atoms with Gasteiger partial charge in [0.2, 0.25) is 5.76 Å². The predicted molar refractivity (Wildman–Crippen MR) is 78.0 cm³/mol. The van der Waals surface area contributed by atoms with E-state index in [2.05, 4.69) is 15.6 Å². The molecule has 3 heterocycles. The summed E-state index contributed by atoms with van der Waals surface area (Å²) in [6.45, 7) is 1.43. The van der Waals surface area contributed by atoms with Crippen molar-refractivity contribution in [2.24, 2.45) is 0 Å². The molecule has 0 aliphatic rings. The average Bonchev–Trinajstić information content (AvgIpc) is 3.26. The molecule has 0 saturated heterocycles. The van der Waals surface area contributed by atoms with Crippen LogP contribution in [0.2, 0.25) is 0 Å². The number of rotatable bonds is 7. The van der Waals surface area contributed by atoms with E-state index in [0.717, 1.165) is 19.4 Å². The van der Waals surface area contributed by atoms with Gasteiger partial charge in [-0.25, -0.2) is 0 Å². The number of aromatic nitrogens is 3. The highest BCUT2D eigenvalue weighted by molar-refractivity contribution is 5.92. The van der Waals surface area contributed by atoms with Crippen molar-refractivity contribution >= 4 is 5.91 Å². The number of furan rings is 1. The minimum atomic E-state index is -0.249. The predicted octanol–water partition coefficient (Wildman–Crippen LogP) is 2.34. The summed E-state index contributed by atoms with van der Waals surface area (Å²) >= 11 is 0. The Kier molecular flexibility index (Phi) is 4.33. The average molecular weight is 300 g/mol. The van der Waals surface area contributed by atoms with E-state index in [-0.39, 0.29) is 11.6 Å². The van der Waals surface area contributed by atoms with Crippen LogP contribution in [0.15, 0.2) is 51.9 Å². The third kappa shape index (κ3) is 3.43. The van der Waals surface area contributed by atoms with Crippen LogP contribution in [0, 0.1) is 0 Å². The second-order valence-electron chi connectivity index (χ2n) is 4.79. The molecule has 0 radical (unpaired) electrons. The van der Waals surface area contributed by atoms with Crippen LogP contribution in [0.1, 0.15) is 23.3 Å². The lowest BCUT2D eigenvalue weighted by Crippen LogP contribution is -2.24. The molecule has 3 aromatic heterocycles. The quantitative estimate of drug-likeness (QED) is 0.677. The Balaban J connectivity index is 1.42. The van der Waals surface area contributed by atoms with Crippen LogP contribution in [0.3, 0.4) is 0 Å². The molecule has 22 heavy (non-hydrogen) atoms. The van der Waals surface area contributed by atoms with Gasteiger partial charge in [-0.15, -0.1) is 0 Å². The number of nitrogens with one attached hydrogen (secondary N) is 1. The van der Waals surface area contributed by atoms with Crippen molar-refractivity contribution in [3.63, 3.8) is 0 Å². The normalized spacial score (nSPS) is 10.7. The van der Waals surface area contributed by atoms with Gasteiger partial charge in [-0.2, -0.15) is 5.10 Å².